The third-order valence-corrected chi connectivity index (χ3v) is 6.19. The van der Waals surface area contributed by atoms with Crippen LogP contribution in [0, 0.1) is 13.8 Å². The first-order chi connectivity index (χ1) is 13.7. The third-order valence-electron chi connectivity index (χ3n) is 5.09. The van der Waals surface area contributed by atoms with Gasteiger partial charge >= 0.3 is 0 Å². The average molecular weight is 529 g/mol. The van der Waals surface area contributed by atoms with Crippen LogP contribution in [-0.4, -0.2) is 62.3 Å². The van der Waals surface area contributed by atoms with E-state index in [4.69, 9.17) is 4.74 Å². The van der Waals surface area contributed by atoms with Gasteiger partial charge in [-0.05, 0) is 49.6 Å². The van der Waals surface area contributed by atoms with Crippen molar-refractivity contribution >= 4 is 41.3 Å². The van der Waals surface area contributed by atoms with Gasteiger partial charge in [0.15, 0.2) is 5.96 Å². The zero-order valence-corrected chi connectivity index (χ0v) is 20.6. The van der Waals surface area contributed by atoms with Crippen molar-refractivity contribution in [3.63, 3.8) is 0 Å². The molecule has 1 atom stereocenters. The summed E-state index contributed by atoms with van der Waals surface area (Å²) in [5, 5.41) is 6.96. The molecule has 2 N–H and O–H groups in total. The Morgan fingerprint density at radius 1 is 1.24 bits per heavy atom. The van der Waals surface area contributed by atoms with Gasteiger partial charge in [0.25, 0.3) is 0 Å². The molecule has 0 saturated carbocycles. The molecule has 2 aromatic rings. The largest absolute Gasteiger partial charge is 0.379 e. The van der Waals surface area contributed by atoms with E-state index in [1.165, 1.54) is 20.9 Å². The second-order valence-corrected chi connectivity index (χ2v) is 8.36. The number of aliphatic imine (C=N–C) groups is 1. The fourth-order valence-corrected chi connectivity index (χ4v) is 4.46. The topological polar surface area (TPSA) is 61.8 Å². The number of nitrogens with zero attached hydrogens (tertiary/aromatic N) is 3. The van der Waals surface area contributed by atoms with E-state index in [9.17, 15) is 0 Å². The summed E-state index contributed by atoms with van der Waals surface area (Å²) >= 11 is 1.88. The lowest BCUT2D eigenvalue weighted by Gasteiger charge is -2.34. The Kier molecular flexibility index (Phi) is 10.3. The van der Waals surface area contributed by atoms with Gasteiger partial charge in [0.1, 0.15) is 0 Å². The maximum absolute atomic E-state index is 5.54. The molecule has 1 aliphatic heterocycles. The predicted molar refractivity (Wildman–Crippen MR) is 132 cm³/mol. The molecule has 0 radical (unpaired) electrons. The van der Waals surface area contributed by atoms with Gasteiger partial charge in [-0.3, -0.25) is 14.9 Å². The Morgan fingerprint density at radius 3 is 2.69 bits per heavy atom. The Hall–Kier alpha value is -1.23. The first kappa shape index (κ1) is 24.0. The molecule has 1 unspecified atom stereocenters. The van der Waals surface area contributed by atoms with Crippen LogP contribution in [0.25, 0.3) is 0 Å². The molecule has 3 rings (SSSR count). The smallest absolute Gasteiger partial charge is 0.191 e. The van der Waals surface area contributed by atoms with Crippen LogP contribution in [0.2, 0.25) is 0 Å². The zero-order valence-electron chi connectivity index (χ0n) is 17.5. The molecule has 6 nitrogen and oxygen atoms in total. The van der Waals surface area contributed by atoms with Crippen molar-refractivity contribution in [3.8, 4) is 0 Å². The summed E-state index contributed by atoms with van der Waals surface area (Å²) < 4.78 is 5.54. The van der Waals surface area contributed by atoms with Crippen molar-refractivity contribution < 1.29 is 4.74 Å². The molecular formula is C21H32IN5OS. The Labute approximate surface area is 195 Å². The number of pyridine rings is 1. The quantitative estimate of drug-likeness (QED) is 0.328. The third kappa shape index (κ3) is 7.20. The summed E-state index contributed by atoms with van der Waals surface area (Å²) in [4.78, 5) is 13.8. The molecule has 0 spiro atoms. The first-order valence-corrected chi connectivity index (χ1v) is 10.7. The van der Waals surface area contributed by atoms with Crippen LogP contribution in [0.1, 0.15) is 26.9 Å². The maximum atomic E-state index is 5.54. The summed E-state index contributed by atoms with van der Waals surface area (Å²) in [5.41, 5.74) is 2.55. The molecule has 1 saturated heterocycles. The van der Waals surface area contributed by atoms with Crippen molar-refractivity contribution in [1.29, 1.82) is 0 Å². The molecule has 1 fully saturated rings. The predicted octanol–water partition coefficient (Wildman–Crippen LogP) is 3.16. The van der Waals surface area contributed by atoms with Crippen molar-refractivity contribution in [2.24, 2.45) is 4.99 Å². The number of rotatable bonds is 7. The zero-order chi connectivity index (χ0) is 19.8. The minimum absolute atomic E-state index is 0. The molecule has 1 aliphatic rings. The number of aryl methyl sites for hydroxylation is 2. The van der Waals surface area contributed by atoms with Crippen LogP contribution in [0.3, 0.4) is 0 Å². The number of ether oxygens (including phenoxy) is 1. The Bertz CT molecular complexity index is 776. The van der Waals surface area contributed by atoms with Crippen LogP contribution in [0.4, 0.5) is 0 Å². The standard InChI is InChI=1S/C21H31N5OS.HI/c1-16-14-23-8-6-18(16)7-9-24-21(22-3)25-15-19(20-5-4-17(2)28-20)26-10-12-27-13-11-26;/h4-6,8,14,19H,7,9-13,15H2,1-3H3,(H2,22,24,25);1H. The number of thiophene rings is 1. The van der Waals surface area contributed by atoms with Crippen molar-refractivity contribution in [3.05, 3.63) is 51.5 Å². The minimum atomic E-state index is 0. The highest BCUT2D eigenvalue weighted by molar-refractivity contribution is 14.0. The van der Waals surface area contributed by atoms with E-state index in [0.29, 0.717) is 6.04 Å². The van der Waals surface area contributed by atoms with E-state index in [0.717, 1.165) is 51.8 Å². The molecular weight excluding hydrogens is 497 g/mol. The van der Waals surface area contributed by atoms with Crippen LogP contribution in [0.15, 0.2) is 35.6 Å². The monoisotopic (exact) mass is 529 g/mol. The first-order valence-electron chi connectivity index (χ1n) is 9.89. The lowest BCUT2D eigenvalue weighted by Crippen LogP contribution is -2.46. The van der Waals surface area contributed by atoms with Crippen molar-refractivity contribution in [2.45, 2.75) is 26.3 Å². The van der Waals surface area contributed by atoms with Crippen molar-refractivity contribution in [2.75, 3.05) is 46.4 Å². The van der Waals surface area contributed by atoms with Gasteiger partial charge in [-0.25, -0.2) is 0 Å². The maximum Gasteiger partial charge on any atom is 0.191 e. The molecule has 2 aromatic heterocycles. The van der Waals surface area contributed by atoms with E-state index in [2.05, 4.69) is 57.6 Å². The summed E-state index contributed by atoms with van der Waals surface area (Å²) in [5.74, 6) is 0.846. The molecule has 160 valence electrons. The van der Waals surface area contributed by atoms with E-state index in [1.54, 1.807) is 0 Å². The Morgan fingerprint density at radius 2 is 2.03 bits per heavy atom. The molecule has 0 aromatic carbocycles. The number of hydrogen-bond donors (Lipinski definition) is 2. The van der Waals surface area contributed by atoms with Gasteiger partial charge in [-0.1, -0.05) is 0 Å². The summed E-state index contributed by atoms with van der Waals surface area (Å²) in [6.07, 6.45) is 4.72. The van der Waals surface area contributed by atoms with E-state index in [-0.39, 0.29) is 24.0 Å². The number of nitrogens with one attached hydrogen (secondary N) is 2. The van der Waals surface area contributed by atoms with Crippen LogP contribution in [-0.2, 0) is 11.2 Å². The highest BCUT2D eigenvalue weighted by Gasteiger charge is 2.24. The SMILES string of the molecule is CN=C(NCCc1ccncc1C)NCC(c1ccc(C)s1)N1CCOCC1.I. The van der Waals surface area contributed by atoms with E-state index >= 15 is 0 Å². The number of hydrogen-bond acceptors (Lipinski definition) is 5. The van der Waals surface area contributed by atoms with Gasteiger partial charge in [0.05, 0.1) is 19.3 Å². The van der Waals surface area contributed by atoms with Crippen molar-refractivity contribution in [1.82, 2.24) is 20.5 Å². The van der Waals surface area contributed by atoms with Gasteiger partial charge in [-0.15, -0.1) is 35.3 Å². The van der Waals surface area contributed by atoms with E-state index < -0.39 is 0 Å². The van der Waals surface area contributed by atoms with Gasteiger partial charge in [-0.2, -0.15) is 0 Å². The van der Waals surface area contributed by atoms with Gasteiger partial charge in [0.2, 0.25) is 0 Å². The minimum Gasteiger partial charge on any atom is -0.379 e. The highest BCUT2D eigenvalue weighted by atomic mass is 127. The molecule has 29 heavy (non-hydrogen) atoms. The average Bonchev–Trinajstić information content (AvgIpc) is 3.15. The van der Waals surface area contributed by atoms with Gasteiger partial charge < -0.3 is 15.4 Å². The molecule has 0 bridgehead atoms. The molecule has 8 heteroatoms. The summed E-state index contributed by atoms with van der Waals surface area (Å²) in [6, 6.07) is 6.88. The van der Waals surface area contributed by atoms with E-state index in [1.807, 2.05) is 30.8 Å². The fraction of sp³-hybridized carbons (Fsp3) is 0.524. The number of guanidine groups is 1. The molecule has 0 amide bonds. The number of morpholine rings is 1. The second-order valence-electron chi connectivity index (χ2n) is 7.04. The van der Waals surface area contributed by atoms with Crippen LogP contribution >= 0.6 is 35.3 Å². The van der Waals surface area contributed by atoms with Crippen LogP contribution < -0.4 is 10.6 Å². The lowest BCUT2D eigenvalue weighted by molar-refractivity contribution is 0.0177. The lowest BCUT2D eigenvalue weighted by atomic mass is 10.1. The number of halogens is 1. The highest BCUT2D eigenvalue weighted by Crippen LogP contribution is 2.27. The second kappa shape index (κ2) is 12.5. The number of aromatic nitrogens is 1. The Balaban J connectivity index is 0.00000300. The normalized spacial score (nSPS) is 16.2. The van der Waals surface area contributed by atoms with Crippen LogP contribution in [0.5, 0.6) is 0 Å². The molecule has 3 heterocycles. The summed E-state index contributed by atoms with van der Waals surface area (Å²) in [6.45, 7) is 9.48. The fourth-order valence-electron chi connectivity index (χ4n) is 3.44. The summed E-state index contributed by atoms with van der Waals surface area (Å²) in [7, 11) is 1.83. The van der Waals surface area contributed by atoms with Gasteiger partial charge in [0, 0.05) is 55.4 Å². The molecule has 0 aliphatic carbocycles.